The van der Waals surface area contributed by atoms with Gasteiger partial charge < -0.3 is 9.80 Å². The fraction of sp³-hybridized carbons (Fsp3) is 0.556. The van der Waals surface area contributed by atoms with Gasteiger partial charge in [-0.05, 0) is 6.42 Å². The molecule has 0 bridgehead atoms. The van der Waals surface area contributed by atoms with Gasteiger partial charge in [-0.3, -0.25) is 9.59 Å². The van der Waals surface area contributed by atoms with Crippen LogP contribution in [0.5, 0.6) is 0 Å². The van der Waals surface area contributed by atoms with Crippen LogP contribution in [0.1, 0.15) is 6.42 Å². The van der Waals surface area contributed by atoms with Crippen LogP contribution in [0.3, 0.4) is 0 Å². The Bertz CT molecular complexity index is 250. The van der Waals surface area contributed by atoms with E-state index in [1.165, 1.54) is 9.80 Å². The number of piperazine rings is 1. The molecule has 1 fully saturated rings. The van der Waals surface area contributed by atoms with E-state index in [2.05, 4.69) is 6.58 Å². The second-order valence-electron chi connectivity index (χ2n) is 3.24. The van der Waals surface area contributed by atoms with Gasteiger partial charge in [0.1, 0.15) is 6.04 Å². The van der Waals surface area contributed by atoms with Gasteiger partial charge in [-0.1, -0.05) is 6.08 Å². The van der Waals surface area contributed by atoms with Gasteiger partial charge in [0, 0.05) is 14.1 Å². The van der Waals surface area contributed by atoms with E-state index in [0.717, 1.165) is 0 Å². The summed E-state index contributed by atoms with van der Waals surface area (Å²) in [5.41, 5.74) is 0. The molecule has 0 N–H and O–H groups in total. The van der Waals surface area contributed by atoms with Crippen LogP contribution in [-0.2, 0) is 9.59 Å². The maximum absolute atomic E-state index is 11.6. The van der Waals surface area contributed by atoms with Crippen LogP contribution in [-0.4, -0.2) is 48.3 Å². The Morgan fingerprint density at radius 3 is 2.69 bits per heavy atom. The highest BCUT2D eigenvalue weighted by Gasteiger charge is 2.34. The number of hydrogen-bond donors (Lipinski definition) is 0. The Labute approximate surface area is 77.8 Å². The van der Waals surface area contributed by atoms with Crippen molar-refractivity contribution in [2.45, 2.75) is 12.5 Å². The van der Waals surface area contributed by atoms with E-state index in [9.17, 15) is 9.59 Å². The van der Waals surface area contributed by atoms with Crippen molar-refractivity contribution in [1.82, 2.24) is 9.80 Å². The average Bonchev–Trinajstić information content (AvgIpc) is 2.09. The van der Waals surface area contributed by atoms with Crippen LogP contribution in [0.4, 0.5) is 0 Å². The van der Waals surface area contributed by atoms with Crippen molar-refractivity contribution in [3.05, 3.63) is 12.7 Å². The van der Waals surface area contributed by atoms with Crippen LogP contribution < -0.4 is 0 Å². The molecule has 1 aliphatic heterocycles. The van der Waals surface area contributed by atoms with E-state index in [1.807, 2.05) is 0 Å². The highest BCUT2D eigenvalue weighted by atomic mass is 16.2. The molecule has 1 aliphatic rings. The largest absolute Gasteiger partial charge is 0.335 e. The maximum Gasteiger partial charge on any atom is 0.245 e. The van der Waals surface area contributed by atoms with Gasteiger partial charge >= 0.3 is 0 Å². The molecule has 0 aromatic rings. The predicted molar refractivity (Wildman–Crippen MR) is 49.0 cm³/mol. The molecular formula is C9H14N2O2. The Hall–Kier alpha value is -1.32. The van der Waals surface area contributed by atoms with Crippen molar-refractivity contribution in [3.63, 3.8) is 0 Å². The van der Waals surface area contributed by atoms with Gasteiger partial charge in [-0.15, -0.1) is 6.58 Å². The summed E-state index contributed by atoms with van der Waals surface area (Å²) >= 11 is 0. The van der Waals surface area contributed by atoms with E-state index in [0.29, 0.717) is 6.42 Å². The Kier molecular flexibility index (Phi) is 2.70. The molecule has 0 aliphatic carbocycles. The first kappa shape index (κ1) is 9.77. The van der Waals surface area contributed by atoms with Crippen molar-refractivity contribution in [2.75, 3.05) is 20.6 Å². The quantitative estimate of drug-likeness (QED) is 0.558. The summed E-state index contributed by atoms with van der Waals surface area (Å²) in [4.78, 5) is 25.8. The van der Waals surface area contributed by atoms with Gasteiger partial charge in [0.05, 0.1) is 6.54 Å². The molecule has 0 aromatic heterocycles. The van der Waals surface area contributed by atoms with E-state index >= 15 is 0 Å². The molecule has 0 spiro atoms. The second kappa shape index (κ2) is 3.60. The molecule has 1 saturated heterocycles. The average molecular weight is 182 g/mol. The Balaban J connectivity index is 2.81. The molecule has 0 radical (unpaired) electrons. The molecule has 4 nitrogen and oxygen atoms in total. The molecule has 13 heavy (non-hydrogen) atoms. The van der Waals surface area contributed by atoms with Gasteiger partial charge in [-0.25, -0.2) is 0 Å². The fourth-order valence-corrected chi connectivity index (χ4v) is 1.40. The van der Waals surface area contributed by atoms with E-state index in [4.69, 9.17) is 0 Å². The number of amides is 2. The predicted octanol–water partition coefficient (Wildman–Crippen LogP) is -0.139. The summed E-state index contributed by atoms with van der Waals surface area (Å²) in [6.45, 7) is 3.75. The van der Waals surface area contributed by atoms with Crippen molar-refractivity contribution in [3.8, 4) is 0 Å². The SMILES string of the molecule is C=CCC1C(=O)N(C)CC(=O)N1C. The normalized spacial score (nSPS) is 23.7. The zero-order chi connectivity index (χ0) is 10.0. The van der Waals surface area contributed by atoms with Crippen LogP contribution in [0, 0.1) is 0 Å². The molecule has 0 saturated carbocycles. The number of hydrogen-bond acceptors (Lipinski definition) is 2. The minimum Gasteiger partial charge on any atom is -0.335 e. The zero-order valence-electron chi connectivity index (χ0n) is 7.99. The zero-order valence-corrected chi connectivity index (χ0v) is 7.99. The molecule has 4 heteroatoms. The lowest BCUT2D eigenvalue weighted by atomic mass is 10.1. The summed E-state index contributed by atoms with van der Waals surface area (Å²) < 4.78 is 0. The Morgan fingerprint density at radius 2 is 2.15 bits per heavy atom. The van der Waals surface area contributed by atoms with Gasteiger partial charge in [0.2, 0.25) is 11.8 Å². The summed E-state index contributed by atoms with van der Waals surface area (Å²) in [5.74, 6) is -0.0315. The van der Waals surface area contributed by atoms with E-state index in [1.54, 1.807) is 20.2 Å². The molecule has 1 rings (SSSR count). The smallest absolute Gasteiger partial charge is 0.245 e. The third kappa shape index (κ3) is 1.71. The molecule has 0 aromatic carbocycles. The summed E-state index contributed by atoms with van der Waals surface area (Å²) in [6, 6.07) is -0.358. The van der Waals surface area contributed by atoms with Crippen LogP contribution in [0.25, 0.3) is 0 Å². The standard InChI is InChI=1S/C9H14N2O2/c1-4-5-7-9(13)10(2)6-8(12)11(7)3/h4,7H,1,5-6H2,2-3H3. The lowest BCUT2D eigenvalue weighted by Gasteiger charge is -2.35. The number of nitrogens with zero attached hydrogens (tertiary/aromatic N) is 2. The summed E-state index contributed by atoms with van der Waals surface area (Å²) in [5, 5.41) is 0. The topological polar surface area (TPSA) is 40.6 Å². The minimum absolute atomic E-state index is 0.0120. The first-order chi connectivity index (χ1) is 6.07. The van der Waals surface area contributed by atoms with E-state index in [-0.39, 0.29) is 24.4 Å². The summed E-state index contributed by atoms with van der Waals surface area (Å²) in [6.07, 6.45) is 2.18. The molecule has 72 valence electrons. The Morgan fingerprint density at radius 1 is 1.54 bits per heavy atom. The highest BCUT2D eigenvalue weighted by Crippen LogP contribution is 2.12. The van der Waals surface area contributed by atoms with Crippen molar-refractivity contribution in [2.24, 2.45) is 0 Å². The third-order valence-corrected chi connectivity index (χ3v) is 2.28. The first-order valence-electron chi connectivity index (χ1n) is 4.19. The molecule has 1 heterocycles. The van der Waals surface area contributed by atoms with E-state index < -0.39 is 0 Å². The van der Waals surface area contributed by atoms with Gasteiger partial charge in [-0.2, -0.15) is 0 Å². The first-order valence-corrected chi connectivity index (χ1v) is 4.19. The molecule has 2 amide bonds. The van der Waals surface area contributed by atoms with Crippen LogP contribution >= 0.6 is 0 Å². The third-order valence-electron chi connectivity index (χ3n) is 2.28. The second-order valence-corrected chi connectivity index (χ2v) is 3.24. The fourth-order valence-electron chi connectivity index (χ4n) is 1.40. The number of carbonyl (C=O) groups excluding carboxylic acids is 2. The molecule has 1 unspecified atom stereocenters. The summed E-state index contributed by atoms with van der Waals surface area (Å²) in [7, 11) is 3.30. The lowest BCUT2D eigenvalue weighted by Crippen LogP contribution is -2.56. The van der Waals surface area contributed by atoms with Gasteiger partial charge in [0.25, 0.3) is 0 Å². The minimum atomic E-state index is -0.358. The number of likely N-dealkylation sites (N-methyl/N-ethyl adjacent to an activating group) is 2. The number of carbonyl (C=O) groups is 2. The van der Waals surface area contributed by atoms with Crippen LogP contribution in [0.15, 0.2) is 12.7 Å². The maximum atomic E-state index is 11.6. The molecule has 1 atom stereocenters. The van der Waals surface area contributed by atoms with Crippen molar-refractivity contribution >= 4 is 11.8 Å². The monoisotopic (exact) mass is 182 g/mol. The van der Waals surface area contributed by atoms with Crippen molar-refractivity contribution in [1.29, 1.82) is 0 Å². The highest BCUT2D eigenvalue weighted by molar-refractivity contribution is 5.94. The van der Waals surface area contributed by atoms with Gasteiger partial charge in [0.15, 0.2) is 0 Å². The van der Waals surface area contributed by atoms with Crippen molar-refractivity contribution < 1.29 is 9.59 Å². The lowest BCUT2D eigenvalue weighted by molar-refractivity contribution is -0.152. The van der Waals surface area contributed by atoms with Crippen LogP contribution in [0.2, 0.25) is 0 Å². The molecular weight excluding hydrogens is 168 g/mol. The number of rotatable bonds is 2.